The summed E-state index contributed by atoms with van der Waals surface area (Å²) in [5.74, 6) is 0.366. The fraction of sp³-hybridized carbons (Fsp3) is 0.158. The van der Waals surface area contributed by atoms with Gasteiger partial charge in [-0.25, -0.2) is 24.8 Å². The number of nitrogens with two attached hydrogens (primary N) is 1. The van der Waals surface area contributed by atoms with E-state index in [2.05, 4.69) is 36.0 Å². The minimum absolute atomic E-state index is 0.140. The molecule has 31 heavy (non-hydrogen) atoms. The second kappa shape index (κ2) is 9.63. The summed E-state index contributed by atoms with van der Waals surface area (Å²) in [5.41, 5.74) is 8.99. The third-order valence-electron chi connectivity index (χ3n) is 4.13. The molecule has 0 radical (unpaired) electrons. The molecule has 0 bridgehead atoms. The minimum Gasteiger partial charge on any atom is -0.375 e. The first kappa shape index (κ1) is 21.6. The molecule has 0 atom stereocenters. The molecule has 1 aromatic carbocycles. The molecule has 0 unspecified atom stereocenters. The highest BCUT2D eigenvalue weighted by Gasteiger charge is 2.10. The second-order valence-electron chi connectivity index (χ2n) is 6.40. The van der Waals surface area contributed by atoms with Crippen LogP contribution in [-0.2, 0) is 7.05 Å². The molecule has 2 heterocycles. The van der Waals surface area contributed by atoms with Crippen molar-refractivity contribution >= 4 is 46.9 Å². The number of anilines is 3. The summed E-state index contributed by atoms with van der Waals surface area (Å²) in [5, 5.41) is 14.1. The molecule has 5 N–H and O–H groups in total. The van der Waals surface area contributed by atoms with E-state index in [-0.39, 0.29) is 11.1 Å². The number of rotatable bonds is 6. The van der Waals surface area contributed by atoms with Gasteiger partial charge in [0, 0.05) is 32.5 Å². The van der Waals surface area contributed by atoms with Crippen LogP contribution in [0.25, 0.3) is 11.4 Å². The lowest BCUT2D eigenvalue weighted by Crippen LogP contribution is -2.27. The number of nitrogens with one attached hydrogen (secondary N) is 3. The van der Waals surface area contributed by atoms with Crippen molar-refractivity contribution in [1.82, 2.24) is 29.8 Å². The molecule has 3 aromatic rings. The number of thiocarbonyl (C=S) groups is 1. The molecule has 2 aromatic heterocycles. The van der Waals surface area contributed by atoms with Gasteiger partial charge in [0.15, 0.2) is 5.11 Å². The van der Waals surface area contributed by atoms with Crippen molar-refractivity contribution < 1.29 is 4.79 Å². The smallest absolute Gasteiger partial charge is 0.318 e. The molecular weight excluding hydrogens is 416 g/mol. The molecule has 0 aliphatic heterocycles. The zero-order valence-electron chi connectivity index (χ0n) is 17.2. The number of benzene rings is 1. The van der Waals surface area contributed by atoms with Gasteiger partial charge in [-0.1, -0.05) is 0 Å². The van der Waals surface area contributed by atoms with Gasteiger partial charge in [0.25, 0.3) is 0 Å². The SMILES string of the molecule is CNC(=O)Nc1ccc(Nc2nc(/C=N/N(C)C(N)=S)cc(-c3cncn3C)n2)cc1. The topological polar surface area (TPSA) is 138 Å². The van der Waals surface area contributed by atoms with Crippen molar-refractivity contribution in [2.24, 2.45) is 17.9 Å². The van der Waals surface area contributed by atoms with Crippen molar-refractivity contribution in [2.45, 2.75) is 0 Å². The predicted molar refractivity (Wildman–Crippen MR) is 124 cm³/mol. The number of carbonyl (C=O) groups is 1. The molecule has 2 amide bonds. The zero-order chi connectivity index (χ0) is 22.4. The van der Waals surface area contributed by atoms with Crippen LogP contribution in [0, 0.1) is 0 Å². The monoisotopic (exact) mass is 438 g/mol. The van der Waals surface area contributed by atoms with E-state index in [4.69, 9.17) is 18.0 Å². The third kappa shape index (κ3) is 5.73. The Balaban J connectivity index is 1.89. The first-order valence-corrected chi connectivity index (χ1v) is 9.55. The molecule has 0 spiro atoms. The number of aromatic nitrogens is 4. The lowest BCUT2D eigenvalue weighted by Gasteiger charge is -2.11. The Morgan fingerprint density at radius 2 is 1.97 bits per heavy atom. The van der Waals surface area contributed by atoms with Gasteiger partial charge < -0.3 is 26.3 Å². The maximum absolute atomic E-state index is 11.4. The number of hydrogen-bond acceptors (Lipinski definition) is 7. The Morgan fingerprint density at radius 1 is 1.26 bits per heavy atom. The Bertz CT molecular complexity index is 1110. The van der Waals surface area contributed by atoms with E-state index in [1.54, 1.807) is 63.2 Å². The zero-order valence-corrected chi connectivity index (χ0v) is 18.0. The third-order valence-corrected chi connectivity index (χ3v) is 4.40. The Labute approximate surface area is 184 Å². The molecule has 0 aliphatic carbocycles. The summed E-state index contributed by atoms with van der Waals surface area (Å²) in [6.45, 7) is 0. The standard InChI is InChI=1S/C19H22N10OS/c1-21-19(30)26-13-6-4-12(5-7-13)24-18-25-14(9-23-29(3)17(20)31)8-15(27-18)16-10-22-11-28(16)2/h4-11H,1-3H3,(H2,20,31)(H2,21,26,30)(H,24,25,27)/b23-9+. The second-order valence-corrected chi connectivity index (χ2v) is 6.82. The highest BCUT2D eigenvalue weighted by molar-refractivity contribution is 7.80. The van der Waals surface area contributed by atoms with E-state index in [1.165, 1.54) is 5.01 Å². The minimum atomic E-state index is -0.293. The normalized spacial score (nSPS) is 10.7. The fourth-order valence-electron chi connectivity index (χ4n) is 2.49. The van der Waals surface area contributed by atoms with E-state index in [9.17, 15) is 4.79 Å². The van der Waals surface area contributed by atoms with Crippen LogP contribution in [0.1, 0.15) is 5.69 Å². The van der Waals surface area contributed by atoms with Gasteiger partial charge in [0.2, 0.25) is 5.95 Å². The van der Waals surface area contributed by atoms with E-state index in [1.807, 2.05) is 11.6 Å². The first-order chi connectivity index (χ1) is 14.9. The van der Waals surface area contributed by atoms with E-state index >= 15 is 0 Å². The highest BCUT2D eigenvalue weighted by atomic mass is 32.1. The van der Waals surface area contributed by atoms with Gasteiger partial charge in [0.1, 0.15) is 0 Å². The number of hydrogen-bond donors (Lipinski definition) is 4. The van der Waals surface area contributed by atoms with Crippen molar-refractivity contribution in [3.63, 3.8) is 0 Å². The van der Waals surface area contributed by atoms with E-state index in [0.29, 0.717) is 23.0 Å². The number of carbonyl (C=O) groups excluding carboxylic acids is 1. The van der Waals surface area contributed by atoms with Crippen LogP contribution < -0.4 is 21.7 Å². The fourth-order valence-corrected chi connectivity index (χ4v) is 2.53. The summed E-state index contributed by atoms with van der Waals surface area (Å²) in [6, 6.07) is 8.64. The van der Waals surface area contributed by atoms with Gasteiger partial charge in [-0.15, -0.1) is 0 Å². The molecule has 160 valence electrons. The van der Waals surface area contributed by atoms with Crippen LogP contribution in [0.15, 0.2) is 48.0 Å². The van der Waals surface area contributed by atoms with Gasteiger partial charge in [-0.3, -0.25) is 0 Å². The number of hydrazone groups is 1. The van der Waals surface area contributed by atoms with Crippen molar-refractivity contribution in [3.8, 4) is 11.4 Å². The quantitative estimate of drug-likeness (QED) is 0.260. The summed E-state index contributed by atoms with van der Waals surface area (Å²) >= 11 is 4.90. The van der Waals surface area contributed by atoms with Gasteiger partial charge in [-0.05, 0) is 42.5 Å². The molecular formula is C19H22N10OS. The van der Waals surface area contributed by atoms with Crippen LogP contribution >= 0.6 is 12.2 Å². The molecule has 0 saturated heterocycles. The van der Waals surface area contributed by atoms with E-state index < -0.39 is 0 Å². The van der Waals surface area contributed by atoms with Crippen molar-refractivity contribution in [2.75, 3.05) is 24.7 Å². The average molecular weight is 439 g/mol. The largest absolute Gasteiger partial charge is 0.375 e. The molecule has 0 saturated carbocycles. The number of aryl methyl sites for hydroxylation is 1. The average Bonchev–Trinajstić information content (AvgIpc) is 3.19. The van der Waals surface area contributed by atoms with Crippen LogP contribution in [-0.4, -0.2) is 56.0 Å². The van der Waals surface area contributed by atoms with E-state index in [0.717, 1.165) is 11.4 Å². The van der Waals surface area contributed by atoms with Gasteiger partial charge in [0.05, 0.1) is 35.8 Å². The van der Waals surface area contributed by atoms with Gasteiger partial charge in [-0.2, -0.15) is 5.10 Å². The molecule has 3 rings (SSSR count). The summed E-state index contributed by atoms with van der Waals surface area (Å²) in [6.07, 6.45) is 4.95. The summed E-state index contributed by atoms with van der Waals surface area (Å²) < 4.78 is 1.85. The highest BCUT2D eigenvalue weighted by Crippen LogP contribution is 2.21. The van der Waals surface area contributed by atoms with Crippen LogP contribution in [0.3, 0.4) is 0 Å². The predicted octanol–water partition coefficient (Wildman–Crippen LogP) is 1.88. The van der Waals surface area contributed by atoms with Crippen LogP contribution in [0.4, 0.5) is 22.1 Å². The van der Waals surface area contributed by atoms with Crippen molar-refractivity contribution in [1.29, 1.82) is 0 Å². The summed E-state index contributed by atoms with van der Waals surface area (Å²) in [7, 11) is 5.08. The number of urea groups is 1. The van der Waals surface area contributed by atoms with Crippen molar-refractivity contribution in [3.05, 3.63) is 48.5 Å². The maximum Gasteiger partial charge on any atom is 0.318 e. The van der Waals surface area contributed by atoms with Crippen LogP contribution in [0.5, 0.6) is 0 Å². The summed E-state index contributed by atoms with van der Waals surface area (Å²) in [4.78, 5) is 24.7. The number of amides is 2. The molecule has 0 fully saturated rings. The molecule has 11 nitrogen and oxygen atoms in total. The number of nitrogens with zero attached hydrogens (tertiary/aromatic N) is 6. The molecule has 12 heteroatoms. The maximum atomic E-state index is 11.4. The Hall–Kier alpha value is -4.06. The van der Waals surface area contributed by atoms with Crippen LogP contribution in [0.2, 0.25) is 0 Å². The lowest BCUT2D eigenvalue weighted by molar-refractivity contribution is 0.254. The van der Waals surface area contributed by atoms with Gasteiger partial charge >= 0.3 is 6.03 Å². The Kier molecular flexibility index (Phi) is 6.72. The first-order valence-electron chi connectivity index (χ1n) is 9.14. The lowest BCUT2D eigenvalue weighted by atomic mass is 10.2. The molecule has 0 aliphatic rings. The number of imidazole rings is 1. The Morgan fingerprint density at radius 3 is 2.58 bits per heavy atom.